The van der Waals surface area contributed by atoms with Crippen LogP contribution in [0.2, 0.25) is 0 Å². The molecule has 0 saturated heterocycles. The lowest BCUT2D eigenvalue weighted by molar-refractivity contribution is -0.479. The van der Waals surface area contributed by atoms with Crippen molar-refractivity contribution in [3.05, 3.63) is 99.6 Å². The highest BCUT2D eigenvalue weighted by atomic mass is 32.2. The molecular weight excluding hydrogens is 511 g/mol. The van der Waals surface area contributed by atoms with Gasteiger partial charge in [-0.2, -0.15) is 0 Å². The SMILES string of the molecule is CCOc1cc([C@@H](C[N+](=O)[O-])Sc2nnc(C)n2-c2ccc(OC)cc2)ccc1OCc1ccc(F)cc1. The van der Waals surface area contributed by atoms with Gasteiger partial charge in [0.1, 0.15) is 29.2 Å². The van der Waals surface area contributed by atoms with Crippen LogP contribution in [0, 0.1) is 22.9 Å². The van der Waals surface area contributed by atoms with E-state index in [1.807, 2.05) is 42.7 Å². The van der Waals surface area contributed by atoms with Crippen LogP contribution in [-0.2, 0) is 6.61 Å². The monoisotopic (exact) mass is 538 g/mol. The van der Waals surface area contributed by atoms with E-state index in [1.54, 1.807) is 37.4 Å². The van der Waals surface area contributed by atoms with Crippen molar-refractivity contribution in [1.29, 1.82) is 0 Å². The highest BCUT2D eigenvalue weighted by Crippen LogP contribution is 2.40. The summed E-state index contributed by atoms with van der Waals surface area (Å²) in [6, 6.07) is 18.7. The van der Waals surface area contributed by atoms with Gasteiger partial charge >= 0.3 is 0 Å². The van der Waals surface area contributed by atoms with Gasteiger partial charge in [-0.1, -0.05) is 30.0 Å². The van der Waals surface area contributed by atoms with Crippen LogP contribution >= 0.6 is 11.8 Å². The van der Waals surface area contributed by atoms with Crippen molar-refractivity contribution < 1.29 is 23.5 Å². The molecule has 0 N–H and O–H groups in total. The first-order valence-electron chi connectivity index (χ1n) is 11.9. The lowest BCUT2D eigenvalue weighted by atomic mass is 10.1. The van der Waals surface area contributed by atoms with Crippen LogP contribution in [0.15, 0.2) is 71.9 Å². The van der Waals surface area contributed by atoms with E-state index in [9.17, 15) is 14.5 Å². The fourth-order valence-electron chi connectivity index (χ4n) is 3.78. The van der Waals surface area contributed by atoms with Gasteiger partial charge < -0.3 is 14.2 Å². The normalized spacial score (nSPS) is 11.7. The summed E-state index contributed by atoms with van der Waals surface area (Å²) in [5.74, 6) is 2.00. The summed E-state index contributed by atoms with van der Waals surface area (Å²) in [6.07, 6.45) is 0. The Morgan fingerprint density at radius 2 is 1.76 bits per heavy atom. The number of rotatable bonds is 12. The molecule has 0 spiro atoms. The minimum absolute atomic E-state index is 0.219. The van der Waals surface area contributed by atoms with Crippen molar-refractivity contribution in [2.45, 2.75) is 30.9 Å². The quantitative estimate of drug-likeness (QED) is 0.127. The van der Waals surface area contributed by atoms with Crippen LogP contribution in [0.1, 0.15) is 29.1 Å². The summed E-state index contributed by atoms with van der Waals surface area (Å²) in [5.41, 5.74) is 2.30. The molecule has 3 aromatic carbocycles. The van der Waals surface area contributed by atoms with Crippen molar-refractivity contribution in [1.82, 2.24) is 14.8 Å². The molecule has 0 radical (unpaired) electrons. The molecule has 4 aromatic rings. The fourth-order valence-corrected chi connectivity index (χ4v) is 4.94. The summed E-state index contributed by atoms with van der Waals surface area (Å²) in [7, 11) is 1.60. The number of aryl methyl sites for hydroxylation is 1. The molecule has 0 bridgehead atoms. The topological polar surface area (TPSA) is 102 Å². The van der Waals surface area contributed by atoms with E-state index < -0.39 is 5.25 Å². The lowest BCUT2D eigenvalue weighted by Gasteiger charge is -2.17. The first-order valence-corrected chi connectivity index (χ1v) is 12.7. The van der Waals surface area contributed by atoms with Gasteiger partial charge in [-0.05, 0) is 73.5 Å². The van der Waals surface area contributed by atoms with Crippen molar-refractivity contribution in [3.8, 4) is 22.9 Å². The molecule has 11 heteroatoms. The number of nitrogens with zero attached hydrogens (tertiary/aromatic N) is 4. The van der Waals surface area contributed by atoms with Crippen molar-refractivity contribution >= 4 is 11.8 Å². The number of hydrogen-bond donors (Lipinski definition) is 0. The van der Waals surface area contributed by atoms with Gasteiger partial charge in [-0.3, -0.25) is 14.7 Å². The van der Waals surface area contributed by atoms with Crippen LogP contribution in [-0.4, -0.2) is 39.9 Å². The van der Waals surface area contributed by atoms with Crippen LogP contribution in [0.3, 0.4) is 0 Å². The lowest BCUT2D eigenvalue weighted by Crippen LogP contribution is -2.11. The Morgan fingerprint density at radius 1 is 1.03 bits per heavy atom. The summed E-state index contributed by atoms with van der Waals surface area (Å²) in [5, 5.41) is 20.1. The van der Waals surface area contributed by atoms with E-state index in [4.69, 9.17) is 14.2 Å². The molecule has 0 aliphatic carbocycles. The summed E-state index contributed by atoms with van der Waals surface area (Å²) < 4.78 is 32.0. The van der Waals surface area contributed by atoms with E-state index in [2.05, 4.69) is 10.2 Å². The number of methoxy groups -OCH3 is 1. The first-order chi connectivity index (χ1) is 18.4. The van der Waals surface area contributed by atoms with Crippen molar-refractivity contribution in [3.63, 3.8) is 0 Å². The van der Waals surface area contributed by atoms with Gasteiger partial charge in [0.05, 0.1) is 13.7 Å². The van der Waals surface area contributed by atoms with Crippen molar-refractivity contribution in [2.75, 3.05) is 20.3 Å². The van der Waals surface area contributed by atoms with Gasteiger partial charge in [0.2, 0.25) is 6.54 Å². The van der Waals surface area contributed by atoms with Crippen molar-refractivity contribution in [2.24, 2.45) is 0 Å². The molecule has 1 heterocycles. The highest BCUT2D eigenvalue weighted by molar-refractivity contribution is 7.99. The van der Waals surface area contributed by atoms with E-state index in [0.717, 1.165) is 11.3 Å². The molecule has 0 unspecified atom stereocenters. The van der Waals surface area contributed by atoms with E-state index in [-0.39, 0.29) is 23.9 Å². The molecule has 0 fully saturated rings. The Bertz CT molecular complexity index is 1380. The largest absolute Gasteiger partial charge is 0.497 e. The van der Waals surface area contributed by atoms with Crippen LogP contribution in [0.25, 0.3) is 5.69 Å². The maximum atomic E-state index is 13.2. The minimum atomic E-state index is -0.573. The van der Waals surface area contributed by atoms with Gasteiger partial charge in [0.15, 0.2) is 16.7 Å². The smallest absolute Gasteiger partial charge is 0.220 e. The van der Waals surface area contributed by atoms with E-state index in [0.29, 0.717) is 40.4 Å². The van der Waals surface area contributed by atoms with Crippen LogP contribution in [0.4, 0.5) is 4.39 Å². The third kappa shape index (κ3) is 6.60. The molecule has 0 aliphatic heterocycles. The zero-order valence-electron chi connectivity index (χ0n) is 21.2. The number of nitro groups is 1. The summed E-state index contributed by atoms with van der Waals surface area (Å²) >= 11 is 1.25. The molecule has 1 aromatic heterocycles. The molecular formula is C27H27FN4O5S. The Labute approximate surface area is 223 Å². The predicted octanol–water partition coefficient (Wildman–Crippen LogP) is 5.81. The number of halogens is 1. The zero-order valence-corrected chi connectivity index (χ0v) is 22.0. The number of thioether (sulfide) groups is 1. The number of benzene rings is 3. The molecule has 1 atom stereocenters. The summed E-state index contributed by atoms with van der Waals surface area (Å²) in [4.78, 5) is 11.3. The van der Waals surface area contributed by atoms with Gasteiger partial charge in [-0.25, -0.2) is 4.39 Å². The van der Waals surface area contributed by atoms with Crippen LogP contribution in [0.5, 0.6) is 17.2 Å². The predicted molar refractivity (Wildman–Crippen MR) is 141 cm³/mol. The average Bonchev–Trinajstić information content (AvgIpc) is 3.28. The number of aromatic nitrogens is 3. The Balaban J connectivity index is 1.61. The molecule has 0 aliphatic rings. The molecule has 198 valence electrons. The standard InChI is InChI=1S/C27H27FN4O5S/c1-4-36-25-15-20(7-14-24(25)37-17-19-5-8-21(28)9-6-19)26(16-31(33)34)38-27-30-29-18(2)32(27)22-10-12-23(35-3)13-11-22/h5-15,26H,4,16-17H2,1-3H3/t26-/m1/s1. The second-order valence-electron chi connectivity index (χ2n) is 8.24. The Kier molecular flexibility index (Phi) is 8.80. The Morgan fingerprint density at radius 3 is 2.42 bits per heavy atom. The third-order valence-electron chi connectivity index (χ3n) is 5.64. The van der Waals surface area contributed by atoms with Gasteiger partial charge in [0.25, 0.3) is 0 Å². The molecule has 38 heavy (non-hydrogen) atoms. The Hall–Kier alpha value is -4.12. The van der Waals surface area contributed by atoms with E-state index >= 15 is 0 Å². The maximum absolute atomic E-state index is 13.2. The molecule has 4 rings (SSSR count). The zero-order chi connectivity index (χ0) is 27.1. The third-order valence-corrected chi connectivity index (χ3v) is 6.82. The van der Waals surface area contributed by atoms with Gasteiger partial charge in [-0.15, -0.1) is 10.2 Å². The summed E-state index contributed by atoms with van der Waals surface area (Å²) in [6.45, 7) is 3.94. The maximum Gasteiger partial charge on any atom is 0.220 e. The highest BCUT2D eigenvalue weighted by Gasteiger charge is 2.25. The first kappa shape index (κ1) is 26.9. The van der Waals surface area contributed by atoms with Gasteiger partial charge in [0, 0.05) is 10.6 Å². The molecule has 0 saturated carbocycles. The fraction of sp³-hybridized carbons (Fsp3) is 0.259. The number of ether oxygens (including phenoxy) is 3. The molecule has 0 amide bonds. The van der Waals surface area contributed by atoms with E-state index in [1.165, 1.54) is 23.9 Å². The average molecular weight is 539 g/mol. The second kappa shape index (κ2) is 12.4. The minimum Gasteiger partial charge on any atom is -0.497 e. The number of hydrogen-bond acceptors (Lipinski definition) is 8. The molecule has 9 nitrogen and oxygen atoms in total. The van der Waals surface area contributed by atoms with Crippen LogP contribution < -0.4 is 14.2 Å². The second-order valence-corrected chi connectivity index (χ2v) is 9.41.